The second-order valence-electron chi connectivity index (χ2n) is 6.47. The molecule has 0 unspecified atom stereocenters. The van der Waals surface area contributed by atoms with Gasteiger partial charge in [-0.2, -0.15) is 0 Å². The number of halogens is 3. The van der Waals surface area contributed by atoms with Gasteiger partial charge in [0.05, 0.1) is 17.6 Å². The van der Waals surface area contributed by atoms with Gasteiger partial charge in [0.25, 0.3) is 11.6 Å². The largest absolute Gasteiger partial charge is 0.573 e. The molecule has 0 aliphatic heterocycles. The molecule has 0 radical (unpaired) electrons. The number of hydrogen-bond donors (Lipinski definition) is 1. The van der Waals surface area contributed by atoms with E-state index in [0.29, 0.717) is 16.9 Å². The van der Waals surface area contributed by atoms with Gasteiger partial charge in [-0.3, -0.25) is 20.2 Å². The molecule has 0 saturated heterocycles. The normalized spacial score (nSPS) is 11.0. The van der Waals surface area contributed by atoms with E-state index in [9.17, 15) is 32.9 Å². The zero-order chi connectivity index (χ0) is 24.2. The fourth-order valence-electron chi connectivity index (χ4n) is 2.71. The van der Waals surface area contributed by atoms with Crippen molar-refractivity contribution in [3.8, 4) is 5.75 Å². The number of carbonyl (C=O) groups excluding carboxylic acids is 2. The maximum atomic E-state index is 12.5. The van der Waals surface area contributed by atoms with Crippen molar-refractivity contribution in [3.05, 3.63) is 80.3 Å². The molecule has 0 spiro atoms. The number of rotatable bonds is 7. The van der Waals surface area contributed by atoms with E-state index in [2.05, 4.69) is 19.8 Å². The molecule has 3 rings (SSSR count). The summed E-state index contributed by atoms with van der Waals surface area (Å²) in [5, 5.41) is 13.8. The standard InChI is InChI=1S/C20H14F3N3O6S/c1-31-18(28)13-7-12(8-14(9-13)26(29)30)17(27)25-19-24-10-16(33-19)6-11-2-4-15(5-3-11)32-20(21,22)23/h2-5,7-10H,6H2,1H3,(H,24,25,27). The quantitative estimate of drug-likeness (QED) is 0.298. The summed E-state index contributed by atoms with van der Waals surface area (Å²) in [4.78, 5) is 39.4. The number of nitrogens with one attached hydrogen (secondary N) is 1. The number of nitro benzene ring substituents is 1. The minimum atomic E-state index is -4.77. The Kier molecular flexibility index (Phi) is 6.92. The van der Waals surface area contributed by atoms with Crippen LogP contribution in [0.15, 0.2) is 48.7 Å². The number of benzene rings is 2. The first kappa shape index (κ1) is 23.7. The fourth-order valence-corrected chi connectivity index (χ4v) is 3.55. The lowest BCUT2D eigenvalue weighted by atomic mass is 10.1. The molecule has 0 bridgehead atoms. The van der Waals surface area contributed by atoms with Crippen molar-refractivity contribution in [1.29, 1.82) is 0 Å². The molecule has 0 atom stereocenters. The van der Waals surface area contributed by atoms with Crippen LogP contribution in [0.3, 0.4) is 0 Å². The Labute approximate surface area is 187 Å². The molecule has 0 aliphatic rings. The summed E-state index contributed by atoms with van der Waals surface area (Å²) in [5.74, 6) is -1.90. The van der Waals surface area contributed by atoms with Crippen molar-refractivity contribution in [2.45, 2.75) is 12.8 Å². The molecule has 0 fully saturated rings. The molecule has 1 heterocycles. The highest BCUT2D eigenvalue weighted by Crippen LogP contribution is 2.26. The number of methoxy groups -OCH3 is 1. The lowest BCUT2D eigenvalue weighted by Crippen LogP contribution is -2.17. The van der Waals surface area contributed by atoms with E-state index >= 15 is 0 Å². The lowest BCUT2D eigenvalue weighted by molar-refractivity contribution is -0.384. The Balaban J connectivity index is 1.70. The highest BCUT2D eigenvalue weighted by atomic mass is 32.1. The minimum Gasteiger partial charge on any atom is -0.465 e. The predicted octanol–water partition coefficient (Wildman–Crippen LogP) is 4.58. The van der Waals surface area contributed by atoms with Gasteiger partial charge in [-0.05, 0) is 23.8 Å². The number of non-ortho nitro benzene ring substituents is 1. The highest BCUT2D eigenvalue weighted by molar-refractivity contribution is 7.15. The highest BCUT2D eigenvalue weighted by Gasteiger charge is 2.31. The van der Waals surface area contributed by atoms with Crippen molar-refractivity contribution >= 4 is 34.0 Å². The zero-order valence-electron chi connectivity index (χ0n) is 16.7. The van der Waals surface area contributed by atoms with Gasteiger partial charge in [0.15, 0.2) is 5.13 Å². The molecule has 33 heavy (non-hydrogen) atoms. The fraction of sp³-hybridized carbons (Fsp3) is 0.150. The second kappa shape index (κ2) is 9.65. The van der Waals surface area contributed by atoms with Crippen LogP contribution in [0.1, 0.15) is 31.2 Å². The monoisotopic (exact) mass is 481 g/mol. The number of esters is 1. The Morgan fingerprint density at radius 1 is 1.15 bits per heavy atom. The molecule has 1 aromatic heterocycles. The molecule has 1 N–H and O–H groups in total. The molecule has 172 valence electrons. The molecule has 2 aromatic carbocycles. The maximum Gasteiger partial charge on any atom is 0.573 e. The molecule has 1 amide bonds. The first-order chi connectivity index (χ1) is 15.5. The van der Waals surface area contributed by atoms with Gasteiger partial charge in [0.1, 0.15) is 5.75 Å². The van der Waals surface area contributed by atoms with Crippen LogP contribution in [-0.2, 0) is 11.2 Å². The Morgan fingerprint density at radius 2 is 1.82 bits per heavy atom. The van der Waals surface area contributed by atoms with Gasteiger partial charge in [0.2, 0.25) is 0 Å². The molecule has 3 aromatic rings. The van der Waals surface area contributed by atoms with Crippen molar-refractivity contribution in [3.63, 3.8) is 0 Å². The lowest BCUT2D eigenvalue weighted by Gasteiger charge is -2.08. The van der Waals surface area contributed by atoms with E-state index in [1.54, 1.807) is 0 Å². The van der Waals surface area contributed by atoms with Crippen molar-refractivity contribution in [2.75, 3.05) is 12.4 Å². The van der Waals surface area contributed by atoms with Crippen LogP contribution < -0.4 is 10.1 Å². The first-order valence-corrected chi connectivity index (χ1v) is 9.84. The number of anilines is 1. The summed E-state index contributed by atoms with van der Waals surface area (Å²) < 4.78 is 45.1. The molecule has 0 saturated carbocycles. The number of amides is 1. The molecule has 13 heteroatoms. The average molecular weight is 481 g/mol. The average Bonchev–Trinajstić information content (AvgIpc) is 3.19. The Bertz CT molecular complexity index is 1190. The van der Waals surface area contributed by atoms with Crippen LogP contribution >= 0.6 is 11.3 Å². The number of ether oxygens (including phenoxy) is 2. The van der Waals surface area contributed by atoms with Gasteiger partial charge in [-0.1, -0.05) is 12.1 Å². The Hall–Kier alpha value is -4.00. The minimum absolute atomic E-state index is 0.137. The van der Waals surface area contributed by atoms with Crippen molar-refractivity contribution in [1.82, 2.24) is 4.98 Å². The van der Waals surface area contributed by atoms with Crippen LogP contribution in [0.4, 0.5) is 24.0 Å². The molecule has 0 aliphatic carbocycles. The van der Waals surface area contributed by atoms with Gasteiger partial charge in [-0.25, -0.2) is 9.78 Å². The number of hydrogen-bond acceptors (Lipinski definition) is 8. The summed E-state index contributed by atoms with van der Waals surface area (Å²) >= 11 is 1.11. The van der Waals surface area contributed by atoms with Crippen LogP contribution in [0.5, 0.6) is 5.75 Å². The number of alkyl halides is 3. The third-order valence-corrected chi connectivity index (χ3v) is 5.03. The summed E-state index contributed by atoms with van der Waals surface area (Å²) in [7, 11) is 1.11. The number of thiazole rings is 1. The zero-order valence-corrected chi connectivity index (χ0v) is 17.5. The van der Waals surface area contributed by atoms with E-state index < -0.39 is 28.8 Å². The smallest absolute Gasteiger partial charge is 0.465 e. The summed E-state index contributed by atoms with van der Waals surface area (Å²) in [5.41, 5.74) is -0.0653. The van der Waals surface area contributed by atoms with Gasteiger partial charge >= 0.3 is 12.3 Å². The van der Waals surface area contributed by atoms with E-state index in [1.807, 2.05) is 0 Å². The van der Waals surface area contributed by atoms with E-state index in [4.69, 9.17) is 0 Å². The maximum absolute atomic E-state index is 12.5. The summed E-state index contributed by atoms with van der Waals surface area (Å²) in [6.07, 6.45) is -2.96. The van der Waals surface area contributed by atoms with E-state index in [0.717, 1.165) is 36.6 Å². The number of aromatic nitrogens is 1. The van der Waals surface area contributed by atoms with E-state index in [1.165, 1.54) is 30.5 Å². The molecular weight excluding hydrogens is 467 g/mol. The van der Waals surface area contributed by atoms with Crippen LogP contribution in [0.2, 0.25) is 0 Å². The third-order valence-electron chi connectivity index (χ3n) is 4.12. The molecular formula is C20H14F3N3O6S. The summed E-state index contributed by atoms with van der Waals surface area (Å²) in [6.45, 7) is 0. The SMILES string of the molecule is COC(=O)c1cc(C(=O)Nc2ncc(Cc3ccc(OC(F)(F)F)cc3)s2)cc([N+](=O)[O-])c1. The van der Waals surface area contributed by atoms with Crippen LogP contribution in [0, 0.1) is 10.1 Å². The predicted molar refractivity (Wildman–Crippen MR) is 110 cm³/mol. The third kappa shape index (κ3) is 6.49. The van der Waals surface area contributed by atoms with Gasteiger partial charge in [0, 0.05) is 35.2 Å². The van der Waals surface area contributed by atoms with Gasteiger partial charge < -0.3 is 9.47 Å². The van der Waals surface area contributed by atoms with Crippen molar-refractivity contribution in [2.24, 2.45) is 0 Å². The molecule has 9 nitrogen and oxygen atoms in total. The van der Waals surface area contributed by atoms with Crippen molar-refractivity contribution < 1.29 is 37.2 Å². The van der Waals surface area contributed by atoms with Gasteiger partial charge in [-0.15, -0.1) is 24.5 Å². The Morgan fingerprint density at radius 3 is 2.42 bits per heavy atom. The number of nitrogens with zero attached hydrogens (tertiary/aromatic N) is 2. The van der Waals surface area contributed by atoms with E-state index in [-0.39, 0.29) is 22.0 Å². The van der Waals surface area contributed by atoms with Crippen LogP contribution in [0.25, 0.3) is 0 Å². The second-order valence-corrected chi connectivity index (χ2v) is 7.59. The summed E-state index contributed by atoms with van der Waals surface area (Å²) in [6, 6.07) is 8.48. The topological polar surface area (TPSA) is 121 Å². The number of carbonyl (C=O) groups is 2. The first-order valence-electron chi connectivity index (χ1n) is 9.02. The number of nitro groups is 1. The van der Waals surface area contributed by atoms with Crippen LogP contribution in [-0.4, -0.2) is 35.3 Å².